The van der Waals surface area contributed by atoms with Gasteiger partial charge in [-0.1, -0.05) is 0 Å². The number of benzene rings is 2. The molecule has 0 atom stereocenters. The third-order valence-corrected chi connectivity index (χ3v) is 4.19. The molecule has 0 aliphatic carbocycles. The lowest BCUT2D eigenvalue weighted by Crippen LogP contribution is -2.15. The number of nitrogens with one attached hydrogen (secondary N) is 1. The first-order chi connectivity index (χ1) is 10.8. The van der Waals surface area contributed by atoms with E-state index in [1.165, 1.54) is 25.1 Å². The quantitative estimate of drug-likeness (QED) is 0.818. The second-order valence-electron chi connectivity index (χ2n) is 4.56. The highest BCUT2D eigenvalue weighted by Gasteiger charge is 2.15. The van der Waals surface area contributed by atoms with Gasteiger partial charge in [0, 0.05) is 11.6 Å². The summed E-state index contributed by atoms with van der Waals surface area (Å²) in [4.78, 5) is 10.9. The highest BCUT2D eigenvalue weighted by Crippen LogP contribution is 2.32. The third kappa shape index (κ3) is 4.26. The lowest BCUT2D eigenvalue weighted by atomic mass is 10.2. The zero-order valence-electron chi connectivity index (χ0n) is 12.0. The minimum atomic E-state index is -3.60. The van der Waals surface area contributed by atoms with E-state index < -0.39 is 21.7 Å². The molecule has 0 saturated carbocycles. The molecular formula is C15H13F2NO4S. The van der Waals surface area contributed by atoms with Crippen LogP contribution in [0.25, 0.3) is 0 Å². The summed E-state index contributed by atoms with van der Waals surface area (Å²) in [6, 6.07) is 6.66. The van der Waals surface area contributed by atoms with Crippen molar-refractivity contribution in [1.82, 2.24) is 0 Å². The summed E-state index contributed by atoms with van der Waals surface area (Å²) in [7, 11) is -3.60. The molecule has 23 heavy (non-hydrogen) atoms. The van der Waals surface area contributed by atoms with Crippen LogP contribution in [-0.2, 0) is 10.0 Å². The van der Waals surface area contributed by atoms with Gasteiger partial charge >= 0.3 is 0 Å². The first-order valence-electron chi connectivity index (χ1n) is 6.57. The van der Waals surface area contributed by atoms with Crippen LogP contribution in [0.3, 0.4) is 0 Å². The molecule has 0 bridgehead atoms. The normalized spacial score (nSPS) is 11.1. The van der Waals surface area contributed by atoms with Crippen LogP contribution in [-0.4, -0.2) is 20.5 Å². The zero-order chi connectivity index (χ0) is 17.0. The molecule has 2 aromatic carbocycles. The standard InChI is InChI=1S/C15H13F2NO4S/c1-2-23(20,21)18-13-5-3-10(9-19)7-15(13)22-14-6-4-11(16)8-12(14)17/h3-9,18H,2H2,1H3. The second kappa shape index (κ2) is 6.74. The number of rotatable bonds is 6. The van der Waals surface area contributed by atoms with E-state index in [0.717, 1.165) is 12.1 Å². The molecule has 0 aliphatic rings. The Kier molecular flexibility index (Phi) is 4.95. The topological polar surface area (TPSA) is 72.5 Å². The molecule has 0 heterocycles. The summed E-state index contributed by atoms with van der Waals surface area (Å²) in [5.74, 6) is -2.27. The summed E-state index contributed by atoms with van der Waals surface area (Å²) in [6.07, 6.45) is 0.534. The molecule has 2 rings (SSSR count). The molecular weight excluding hydrogens is 328 g/mol. The van der Waals surface area contributed by atoms with Crippen LogP contribution in [0.4, 0.5) is 14.5 Å². The van der Waals surface area contributed by atoms with Crippen LogP contribution in [0.1, 0.15) is 17.3 Å². The Morgan fingerprint density at radius 3 is 2.48 bits per heavy atom. The Balaban J connectivity index is 2.44. The molecule has 0 radical (unpaired) electrons. The Bertz CT molecular complexity index is 837. The predicted octanol–water partition coefficient (Wildman–Crippen LogP) is 3.33. The van der Waals surface area contributed by atoms with Gasteiger partial charge in [-0.2, -0.15) is 0 Å². The van der Waals surface area contributed by atoms with Gasteiger partial charge < -0.3 is 4.74 Å². The van der Waals surface area contributed by atoms with Crippen molar-refractivity contribution in [3.63, 3.8) is 0 Å². The van der Waals surface area contributed by atoms with Gasteiger partial charge in [-0.3, -0.25) is 9.52 Å². The van der Waals surface area contributed by atoms with E-state index >= 15 is 0 Å². The molecule has 0 saturated heterocycles. The first-order valence-corrected chi connectivity index (χ1v) is 8.22. The van der Waals surface area contributed by atoms with Gasteiger partial charge in [0.1, 0.15) is 12.1 Å². The average Bonchev–Trinajstić information content (AvgIpc) is 2.51. The molecule has 122 valence electrons. The Labute approximate surface area is 132 Å². The van der Waals surface area contributed by atoms with Crippen molar-refractivity contribution in [2.24, 2.45) is 0 Å². The molecule has 0 spiro atoms. The molecule has 0 amide bonds. The van der Waals surface area contributed by atoms with Crippen molar-refractivity contribution in [3.05, 3.63) is 53.6 Å². The summed E-state index contributed by atoms with van der Waals surface area (Å²) >= 11 is 0. The van der Waals surface area contributed by atoms with Crippen molar-refractivity contribution in [2.75, 3.05) is 10.5 Å². The van der Waals surface area contributed by atoms with E-state index in [1.807, 2.05) is 0 Å². The van der Waals surface area contributed by atoms with Crippen molar-refractivity contribution < 1.29 is 26.7 Å². The summed E-state index contributed by atoms with van der Waals surface area (Å²) in [5.41, 5.74) is 0.253. The van der Waals surface area contributed by atoms with Gasteiger partial charge in [-0.25, -0.2) is 17.2 Å². The van der Waals surface area contributed by atoms with Crippen LogP contribution in [0.5, 0.6) is 11.5 Å². The molecule has 5 nitrogen and oxygen atoms in total. The number of carbonyl (C=O) groups is 1. The van der Waals surface area contributed by atoms with Crippen LogP contribution in [0.15, 0.2) is 36.4 Å². The van der Waals surface area contributed by atoms with E-state index in [-0.39, 0.29) is 28.5 Å². The van der Waals surface area contributed by atoms with Gasteiger partial charge in [-0.15, -0.1) is 0 Å². The maximum absolute atomic E-state index is 13.7. The van der Waals surface area contributed by atoms with Crippen molar-refractivity contribution in [1.29, 1.82) is 0 Å². The average molecular weight is 341 g/mol. The second-order valence-corrected chi connectivity index (χ2v) is 6.57. The van der Waals surface area contributed by atoms with Gasteiger partial charge in [0.25, 0.3) is 0 Å². The lowest BCUT2D eigenvalue weighted by molar-refractivity contribution is 0.112. The first kappa shape index (κ1) is 16.9. The molecule has 0 fully saturated rings. The largest absolute Gasteiger partial charge is 0.452 e. The van der Waals surface area contributed by atoms with Gasteiger partial charge in [0.2, 0.25) is 10.0 Å². The molecule has 8 heteroatoms. The number of hydrogen-bond donors (Lipinski definition) is 1. The zero-order valence-corrected chi connectivity index (χ0v) is 12.9. The van der Waals surface area contributed by atoms with Crippen molar-refractivity contribution in [3.8, 4) is 11.5 Å². The lowest BCUT2D eigenvalue weighted by Gasteiger charge is -2.14. The summed E-state index contributed by atoms with van der Waals surface area (Å²) < 4.78 is 57.5. The van der Waals surface area contributed by atoms with Gasteiger partial charge in [-0.05, 0) is 37.3 Å². The summed E-state index contributed by atoms with van der Waals surface area (Å²) in [6.45, 7) is 1.45. The van der Waals surface area contributed by atoms with Crippen LogP contribution in [0.2, 0.25) is 0 Å². The Hall–Kier alpha value is -2.48. The number of ether oxygens (including phenoxy) is 1. The molecule has 0 unspecified atom stereocenters. The summed E-state index contributed by atoms with van der Waals surface area (Å²) in [5, 5.41) is 0. The molecule has 1 N–H and O–H groups in total. The van der Waals surface area contributed by atoms with Gasteiger partial charge in [0.05, 0.1) is 11.4 Å². The Morgan fingerprint density at radius 1 is 1.13 bits per heavy atom. The SMILES string of the molecule is CCS(=O)(=O)Nc1ccc(C=O)cc1Oc1ccc(F)cc1F. The maximum Gasteiger partial charge on any atom is 0.232 e. The van der Waals surface area contributed by atoms with Crippen molar-refractivity contribution >= 4 is 22.0 Å². The smallest absolute Gasteiger partial charge is 0.232 e. The highest BCUT2D eigenvalue weighted by atomic mass is 32.2. The van der Waals surface area contributed by atoms with E-state index in [2.05, 4.69) is 4.72 Å². The van der Waals surface area contributed by atoms with Gasteiger partial charge in [0.15, 0.2) is 17.3 Å². The molecule has 2 aromatic rings. The number of carbonyl (C=O) groups excluding carboxylic acids is 1. The minimum Gasteiger partial charge on any atom is -0.452 e. The van der Waals surface area contributed by atoms with Crippen molar-refractivity contribution in [2.45, 2.75) is 6.92 Å². The van der Waals surface area contributed by atoms with Crippen LogP contribution in [0, 0.1) is 11.6 Å². The van der Waals surface area contributed by atoms with E-state index in [1.54, 1.807) is 0 Å². The van der Waals surface area contributed by atoms with E-state index in [9.17, 15) is 22.0 Å². The van der Waals surface area contributed by atoms with Crippen LogP contribution >= 0.6 is 0 Å². The highest BCUT2D eigenvalue weighted by molar-refractivity contribution is 7.92. The number of sulfonamides is 1. The fourth-order valence-electron chi connectivity index (χ4n) is 1.70. The maximum atomic E-state index is 13.7. The molecule has 0 aromatic heterocycles. The third-order valence-electron chi connectivity index (χ3n) is 2.90. The fourth-order valence-corrected chi connectivity index (χ4v) is 2.35. The van der Waals surface area contributed by atoms with E-state index in [4.69, 9.17) is 4.74 Å². The Morgan fingerprint density at radius 2 is 1.87 bits per heavy atom. The minimum absolute atomic E-state index is 0.0428. The van der Waals surface area contributed by atoms with Crippen LogP contribution < -0.4 is 9.46 Å². The number of halogens is 2. The number of anilines is 1. The fraction of sp³-hybridized carbons (Fsp3) is 0.133. The molecule has 0 aliphatic heterocycles. The van der Waals surface area contributed by atoms with E-state index in [0.29, 0.717) is 12.4 Å². The number of hydrogen-bond acceptors (Lipinski definition) is 4. The predicted molar refractivity (Wildman–Crippen MR) is 81.3 cm³/mol. The monoisotopic (exact) mass is 341 g/mol. The number of aldehydes is 1.